The number of fused-ring (bicyclic) bond motifs is 1. The van der Waals surface area contributed by atoms with E-state index >= 15 is 0 Å². The molecule has 9 nitrogen and oxygen atoms in total. The molecule has 43 heavy (non-hydrogen) atoms. The first kappa shape index (κ1) is 30.6. The first-order valence-electron chi connectivity index (χ1n) is 14.7. The number of amides is 1. The highest BCUT2D eigenvalue weighted by molar-refractivity contribution is 5.87. The number of hydrogen-bond donors (Lipinski definition) is 0. The quantitative estimate of drug-likeness (QED) is 0.436. The number of nitrogens with zero attached hydrogens (tertiary/aromatic N) is 7. The molecule has 1 aromatic carbocycles. The van der Waals surface area contributed by atoms with Crippen LogP contribution in [0.4, 0.5) is 24.7 Å². The molecule has 2 aliphatic heterocycles. The first-order valence-corrected chi connectivity index (χ1v) is 14.7. The molecule has 2 unspecified atom stereocenters. The molecule has 3 atom stereocenters. The van der Waals surface area contributed by atoms with E-state index in [9.17, 15) is 23.2 Å². The number of nitriles is 1. The van der Waals surface area contributed by atoms with Crippen LogP contribution in [0.1, 0.15) is 48.1 Å². The van der Waals surface area contributed by atoms with Crippen LogP contribution < -0.4 is 14.5 Å². The van der Waals surface area contributed by atoms with Crippen molar-refractivity contribution in [3.63, 3.8) is 0 Å². The number of carbonyl (C=O) groups is 1. The smallest absolute Gasteiger partial charge is 0.418 e. The highest BCUT2D eigenvalue weighted by Gasteiger charge is 2.39. The van der Waals surface area contributed by atoms with Crippen molar-refractivity contribution >= 4 is 17.4 Å². The van der Waals surface area contributed by atoms with Crippen LogP contribution in [0.25, 0.3) is 0 Å². The van der Waals surface area contributed by atoms with Gasteiger partial charge in [-0.25, -0.2) is 0 Å². The molecule has 0 bridgehead atoms. The number of aromatic nitrogens is 2. The molecular formula is C31H38F3N7O2. The maximum atomic E-state index is 14.1. The zero-order valence-corrected chi connectivity index (χ0v) is 24.9. The molecule has 230 valence electrons. The fourth-order valence-electron chi connectivity index (χ4n) is 6.57. The maximum Gasteiger partial charge on any atom is 0.418 e. The highest BCUT2D eigenvalue weighted by Crippen LogP contribution is 2.41. The monoisotopic (exact) mass is 597 g/mol. The predicted octanol–water partition coefficient (Wildman–Crippen LogP) is 4.34. The van der Waals surface area contributed by atoms with Crippen molar-refractivity contribution in [2.45, 2.75) is 69.9 Å². The van der Waals surface area contributed by atoms with E-state index in [-0.39, 0.29) is 48.3 Å². The molecule has 2 aromatic rings. The van der Waals surface area contributed by atoms with Gasteiger partial charge in [-0.05, 0) is 64.4 Å². The topological polar surface area (TPSA) is 88.8 Å². The Morgan fingerprint density at radius 3 is 2.67 bits per heavy atom. The minimum Gasteiger partial charge on any atom is -0.460 e. The third-order valence-corrected chi connectivity index (χ3v) is 8.82. The van der Waals surface area contributed by atoms with Crippen molar-refractivity contribution in [3.8, 4) is 12.1 Å². The normalized spacial score (nSPS) is 22.4. The van der Waals surface area contributed by atoms with Gasteiger partial charge >= 0.3 is 12.2 Å². The van der Waals surface area contributed by atoms with Crippen molar-refractivity contribution in [1.82, 2.24) is 19.8 Å². The van der Waals surface area contributed by atoms with Crippen molar-refractivity contribution in [3.05, 3.63) is 53.2 Å². The van der Waals surface area contributed by atoms with Crippen LogP contribution in [0.5, 0.6) is 6.01 Å². The number of aryl methyl sites for hydroxylation is 1. The molecule has 0 radical (unpaired) electrons. The number of hydrogen-bond acceptors (Lipinski definition) is 8. The number of anilines is 2. The largest absolute Gasteiger partial charge is 0.460 e. The van der Waals surface area contributed by atoms with E-state index in [1.807, 2.05) is 14.1 Å². The average molecular weight is 598 g/mol. The number of rotatable bonds is 7. The van der Waals surface area contributed by atoms with Crippen molar-refractivity contribution in [2.75, 3.05) is 50.1 Å². The molecule has 2 fully saturated rings. The Labute approximate surface area is 250 Å². The van der Waals surface area contributed by atoms with Gasteiger partial charge in [0.05, 0.1) is 36.3 Å². The lowest BCUT2D eigenvalue weighted by atomic mass is 10.00. The van der Waals surface area contributed by atoms with Crippen molar-refractivity contribution < 1.29 is 22.7 Å². The number of ether oxygens (including phenoxy) is 1. The van der Waals surface area contributed by atoms with Gasteiger partial charge < -0.3 is 24.3 Å². The van der Waals surface area contributed by atoms with Crippen LogP contribution in [0.15, 0.2) is 30.9 Å². The Morgan fingerprint density at radius 1 is 1.21 bits per heavy atom. The van der Waals surface area contributed by atoms with Gasteiger partial charge in [-0.2, -0.15) is 28.4 Å². The number of benzene rings is 1. The van der Waals surface area contributed by atoms with Gasteiger partial charge in [0.15, 0.2) is 0 Å². The second-order valence-corrected chi connectivity index (χ2v) is 11.8. The lowest BCUT2D eigenvalue weighted by Crippen LogP contribution is -2.55. The van der Waals surface area contributed by atoms with E-state index in [4.69, 9.17) is 14.7 Å². The summed E-state index contributed by atoms with van der Waals surface area (Å²) in [4.78, 5) is 29.8. The number of alkyl halides is 3. The van der Waals surface area contributed by atoms with E-state index < -0.39 is 11.7 Å². The zero-order valence-electron chi connectivity index (χ0n) is 24.9. The summed E-state index contributed by atoms with van der Waals surface area (Å²) in [7, 11) is 4.09. The summed E-state index contributed by atoms with van der Waals surface area (Å²) in [6.45, 7) is 6.88. The van der Waals surface area contributed by atoms with Gasteiger partial charge in [0.25, 0.3) is 0 Å². The molecular weight excluding hydrogens is 559 g/mol. The van der Waals surface area contributed by atoms with E-state index in [1.165, 1.54) is 25.1 Å². The summed E-state index contributed by atoms with van der Waals surface area (Å²) in [5, 5.41) is 9.47. The van der Waals surface area contributed by atoms with Crippen LogP contribution in [0.3, 0.4) is 0 Å². The Balaban J connectivity index is 1.50. The van der Waals surface area contributed by atoms with Gasteiger partial charge in [0.2, 0.25) is 5.91 Å². The molecule has 1 aliphatic carbocycles. The number of carbonyl (C=O) groups excluding carboxylic acids is 1. The van der Waals surface area contributed by atoms with Crippen LogP contribution >= 0.6 is 0 Å². The third-order valence-electron chi connectivity index (χ3n) is 8.82. The molecule has 12 heteroatoms. The lowest BCUT2D eigenvalue weighted by molar-refractivity contribution is -0.137. The van der Waals surface area contributed by atoms with Gasteiger partial charge in [-0.15, -0.1) is 0 Å². The average Bonchev–Trinajstić information content (AvgIpc) is 3.44. The molecule has 1 saturated heterocycles. The van der Waals surface area contributed by atoms with E-state index in [0.29, 0.717) is 50.2 Å². The maximum absolute atomic E-state index is 14.1. The summed E-state index contributed by atoms with van der Waals surface area (Å²) in [6, 6.07) is 7.08. The highest BCUT2D eigenvalue weighted by atomic mass is 19.4. The summed E-state index contributed by atoms with van der Waals surface area (Å²) < 4.78 is 48.7. The summed E-state index contributed by atoms with van der Waals surface area (Å²) in [6.07, 6.45) is -0.0215. The summed E-state index contributed by atoms with van der Waals surface area (Å²) >= 11 is 0. The first-order chi connectivity index (χ1) is 20.5. The molecule has 5 rings (SSSR count). The minimum absolute atomic E-state index is 0.0694. The Hall–Kier alpha value is -3.85. The van der Waals surface area contributed by atoms with Crippen LogP contribution in [0, 0.1) is 18.3 Å². The minimum atomic E-state index is -4.49. The van der Waals surface area contributed by atoms with Gasteiger partial charge in [0, 0.05) is 43.5 Å². The van der Waals surface area contributed by atoms with Crippen molar-refractivity contribution in [2.24, 2.45) is 0 Å². The van der Waals surface area contributed by atoms with Crippen LogP contribution in [-0.4, -0.2) is 84.1 Å². The van der Waals surface area contributed by atoms with Gasteiger partial charge in [0.1, 0.15) is 11.9 Å². The molecule has 0 N–H and O–H groups in total. The third kappa shape index (κ3) is 6.42. The fraction of sp³-hybridized carbons (Fsp3) is 0.548. The molecule has 0 spiro atoms. The summed E-state index contributed by atoms with van der Waals surface area (Å²) in [5.41, 5.74) is 1.17. The Kier molecular flexibility index (Phi) is 8.83. The lowest BCUT2D eigenvalue weighted by Gasteiger charge is -2.42. The Bertz CT molecular complexity index is 1410. The number of piperazine rings is 1. The molecule has 1 amide bonds. The van der Waals surface area contributed by atoms with Gasteiger partial charge in [-0.1, -0.05) is 18.7 Å². The van der Waals surface area contributed by atoms with Crippen molar-refractivity contribution in [1.29, 1.82) is 5.26 Å². The van der Waals surface area contributed by atoms with E-state index in [2.05, 4.69) is 22.4 Å². The second-order valence-electron chi connectivity index (χ2n) is 11.8. The molecule has 3 heterocycles. The molecule has 1 aromatic heterocycles. The van der Waals surface area contributed by atoms with E-state index in [1.54, 1.807) is 15.9 Å². The van der Waals surface area contributed by atoms with Gasteiger partial charge in [-0.3, -0.25) is 4.79 Å². The Morgan fingerprint density at radius 2 is 2.00 bits per heavy atom. The van der Waals surface area contributed by atoms with E-state index in [0.717, 1.165) is 24.8 Å². The SMILES string of the molecule is C=CC(=O)N1CCN(c2nc(OC3CCC(N(C)C)C3)nc3c2CCN(c2cccc(C)c2C(F)(F)F)C3)C[C@@H]1CC#N. The fourth-order valence-corrected chi connectivity index (χ4v) is 6.57. The molecule has 1 saturated carbocycles. The van der Waals surface area contributed by atoms with Crippen LogP contribution in [0.2, 0.25) is 0 Å². The number of halogens is 3. The standard InChI is InChI=1S/C31H38F3N7O2/c1-5-27(42)41-16-15-40(18-22(41)11-13-35)29-24-12-14-39(26-8-6-7-20(2)28(26)31(32,33)34)19-25(24)36-30(37-29)43-23-10-9-21(17-23)38(3)4/h5-8,21-23H,1,9-12,14-19H2,2-4H3/t21?,22-,23?/m0/s1. The summed E-state index contributed by atoms with van der Waals surface area (Å²) in [5.74, 6) is 0.440. The van der Waals surface area contributed by atoms with Crippen LogP contribution in [-0.2, 0) is 23.9 Å². The predicted molar refractivity (Wildman–Crippen MR) is 157 cm³/mol. The zero-order chi connectivity index (χ0) is 30.9. The second kappa shape index (κ2) is 12.4. The molecule has 3 aliphatic rings.